The molecule has 0 amide bonds. The molecule has 3 rings (SSSR count). The molecular weight excluding hydrogens is 284 g/mol. The molecule has 2 aliphatic rings. The predicted octanol–water partition coefficient (Wildman–Crippen LogP) is 4.04. The van der Waals surface area contributed by atoms with Crippen LogP contribution < -0.4 is 0 Å². The fraction of sp³-hybridized carbons (Fsp3) is 0.529. The number of ether oxygens (including phenoxy) is 1. The molecule has 3 nitrogen and oxygen atoms in total. The van der Waals surface area contributed by atoms with Gasteiger partial charge in [-0.3, -0.25) is 9.59 Å². The number of aryl methyl sites for hydroxylation is 2. The fourth-order valence-corrected chi connectivity index (χ4v) is 4.46. The normalized spacial score (nSPS) is 24.9. The number of ketones is 1. The molecule has 21 heavy (non-hydrogen) atoms. The van der Waals surface area contributed by atoms with Crippen LogP contribution in [0.3, 0.4) is 0 Å². The van der Waals surface area contributed by atoms with E-state index < -0.39 is 0 Å². The summed E-state index contributed by atoms with van der Waals surface area (Å²) in [6.07, 6.45) is 1.47. The summed E-state index contributed by atoms with van der Waals surface area (Å²) in [7, 11) is 0. The monoisotopic (exact) mass is 304 g/mol. The Hall–Kier alpha value is -1.42. The molecule has 4 heteroatoms. The Bertz CT molecular complexity index is 664. The third-order valence-corrected chi connectivity index (χ3v) is 5.27. The molecular formula is C17H20O3S. The standard InChI is InChI=1S/C17H20O3S/c1-9-5-11(10(2)21-9)12-6-15(19)20-14-8-17(3,4)7-13(18)16(12)14/h5,12H,6-8H2,1-4H3/t12-/m1/s1. The lowest BCUT2D eigenvalue weighted by Crippen LogP contribution is -2.33. The molecule has 0 bridgehead atoms. The molecule has 0 spiro atoms. The van der Waals surface area contributed by atoms with Gasteiger partial charge in [-0.15, -0.1) is 11.3 Å². The molecule has 1 aliphatic heterocycles. The Morgan fingerprint density at radius 2 is 1.95 bits per heavy atom. The molecule has 1 aromatic heterocycles. The number of allylic oxidation sites excluding steroid dienone is 2. The van der Waals surface area contributed by atoms with Crippen LogP contribution in [0.2, 0.25) is 0 Å². The minimum atomic E-state index is -0.215. The zero-order chi connectivity index (χ0) is 15.4. The third kappa shape index (κ3) is 2.57. The zero-order valence-electron chi connectivity index (χ0n) is 12.9. The lowest BCUT2D eigenvalue weighted by atomic mass is 9.71. The maximum atomic E-state index is 12.6. The highest BCUT2D eigenvalue weighted by Crippen LogP contribution is 2.47. The van der Waals surface area contributed by atoms with E-state index in [0.717, 1.165) is 11.1 Å². The molecule has 0 radical (unpaired) electrons. The summed E-state index contributed by atoms with van der Waals surface area (Å²) in [5.74, 6) is 0.421. The van der Waals surface area contributed by atoms with Gasteiger partial charge in [0, 0.05) is 34.1 Å². The van der Waals surface area contributed by atoms with Crippen molar-refractivity contribution in [3.05, 3.63) is 32.7 Å². The Balaban J connectivity index is 2.10. The van der Waals surface area contributed by atoms with E-state index >= 15 is 0 Å². The second kappa shape index (κ2) is 4.80. The topological polar surface area (TPSA) is 43.4 Å². The summed E-state index contributed by atoms with van der Waals surface area (Å²) >= 11 is 1.72. The van der Waals surface area contributed by atoms with Crippen molar-refractivity contribution in [2.75, 3.05) is 0 Å². The van der Waals surface area contributed by atoms with Crippen molar-refractivity contribution >= 4 is 23.1 Å². The number of hydrogen-bond donors (Lipinski definition) is 0. The molecule has 0 aromatic carbocycles. The Kier molecular flexibility index (Phi) is 3.32. The predicted molar refractivity (Wildman–Crippen MR) is 82.3 cm³/mol. The molecule has 112 valence electrons. The van der Waals surface area contributed by atoms with Crippen LogP contribution in [-0.4, -0.2) is 11.8 Å². The van der Waals surface area contributed by atoms with Crippen LogP contribution in [0.5, 0.6) is 0 Å². The molecule has 0 unspecified atom stereocenters. The first-order valence-corrected chi connectivity index (χ1v) is 8.12. The van der Waals surface area contributed by atoms with Gasteiger partial charge in [-0.25, -0.2) is 0 Å². The fourth-order valence-electron chi connectivity index (χ4n) is 3.47. The van der Waals surface area contributed by atoms with Gasteiger partial charge in [0.25, 0.3) is 0 Å². The number of hydrogen-bond acceptors (Lipinski definition) is 4. The highest BCUT2D eigenvalue weighted by atomic mass is 32.1. The van der Waals surface area contributed by atoms with Crippen LogP contribution in [0.4, 0.5) is 0 Å². The summed E-state index contributed by atoms with van der Waals surface area (Å²) in [5.41, 5.74) is 1.74. The van der Waals surface area contributed by atoms with Gasteiger partial charge >= 0.3 is 5.97 Å². The van der Waals surface area contributed by atoms with Gasteiger partial charge in [0.15, 0.2) is 5.78 Å². The maximum Gasteiger partial charge on any atom is 0.311 e. The van der Waals surface area contributed by atoms with Gasteiger partial charge in [0.2, 0.25) is 0 Å². The van der Waals surface area contributed by atoms with E-state index in [4.69, 9.17) is 4.74 Å². The van der Waals surface area contributed by atoms with Gasteiger partial charge < -0.3 is 4.74 Å². The molecule has 2 heterocycles. The quantitative estimate of drug-likeness (QED) is 0.735. The first kappa shape index (κ1) is 14.5. The number of carbonyl (C=O) groups excluding carboxylic acids is 2. The SMILES string of the molecule is Cc1cc([C@H]2CC(=O)OC3=C2C(=O)CC(C)(C)C3)c(C)s1. The first-order chi connectivity index (χ1) is 9.77. The largest absolute Gasteiger partial charge is 0.431 e. The van der Waals surface area contributed by atoms with Gasteiger partial charge in [-0.05, 0) is 30.9 Å². The third-order valence-electron chi connectivity index (χ3n) is 4.29. The second-order valence-electron chi connectivity index (χ2n) is 6.88. The number of thiophene rings is 1. The highest BCUT2D eigenvalue weighted by molar-refractivity contribution is 7.12. The van der Waals surface area contributed by atoms with E-state index in [0.29, 0.717) is 18.6 Å². The molecule has 0 saturated heterocycles. The van der Waals surface area contributed by atoms with Gasteiger partial charge in [-0.2, -0.15) is 0 Å². The number of esters is 1. The van der Waals surface area contributed by atoms with E-state index in [1.165, 1.54) is 9.75 Å². The number of Topliss-reactive ketones (excluding diaryl/α,β-unsaturated/α-hetero) is 1. The smallest absolute Gasteiger partial charge is 0.311 e. The summed E-state index contributed by atoms with van der Waals surface area (Å²) < 4.78 is 5.42. The highest BCUT2D eigenvalue weighted by Gasteiger charge is 2.42. The van der Waals surface area contributed by atoms with Crippen molar-refractivity contribution in [1.29, 1.82) is 0 Å². The number of rotatable bonds is 1. The van der Waals surface area contributed by atoms with E-state index in [2.05, 4.69) is 19.9 Å². The molecule has 1 atom stereocenters. The van der Waals surface area contributed by atoms with Crippen LogP contribution in [0.1, 0.15) is 54.3 Å². The molecule has 1 aliphatic carbocycles. The van der Waals surface area contributed by atoms with Crippen LogP contribution in [0.25, 0.3) is 0 Å². The zero-order valence-corrected chi connectivity index (χ0v) is 13.7. The van der Waals surface area contributed by atoms with Gasteiger partial charge in [-0.1, -0.05) is 13.8 Å². The molecule has 0 fully saturated rings. The minimum absolute atomic E-state index is 0.116. The maximum absolute atomic E-state index is 12.6. The Labute approximate surface area is 129 Å². The van der Waals surface area contributed by atoms with E-state index in [9.17, 15) is 9.59 Å². The van der Waals surface area contributed by atoms with Crippen molar-refractivity contribution < 1.29 is 14.3 Å². The van der Waals surface area contributed by atoms with E-state index in [-0.39, 0.29) is 29.5 Å². The van der Waals surface area contributed by atoms with Crippen molar-refractivity contribution in [1.82, 2.24) is 0 Å². The van der Waals surface area contributed by atoms with Gasteiger partial charge in [0.05, 0.1) is 6.42 Å². The average Bonchev–Trinajstić information content (AvgIpc) is 2.64. The summed E-state index contributed by atoms with van der Waals surface area (Å²) in [5, 5.41) is 0. The molecule has 0 N–H and O–H groups in total. The van der Waals surface area contributed by atoms with Crippen molar-refractivity contribution in [3.8, 4) is 0 Å². The van der Waals surface area contributed by atoms with E-state index in [1.54, 1.807) is 11.3 Å². The van der Waals surface area contributed by atoms with Crippen LogP contribution in [0, 0.1) is 19.3 Å². The summed E-state index contributed by atoms with van der Waals surface area (Å²) in [6.45, 7) is 8.21. The van der Waals surface area contributed by atoms with E-state index in [1.807, 2.05) is 13.8 Å². The average molecular weight is 304 g/mol. The van der Waals surface area contributed by atoms with Crippen LogP contribution in [0.15, 0.2) is 17.4 Å². The number of carbonyl (C=O) groups is 2. The molecule has 0 saturated carbocycles. The summed E-state index contributed by atoms with van der Waals surface area (Å²) in [4.78, 5) is 27.0. The van der Waals surface area contributed by atoms with Crippen molar-refractivity contribution in [2.45, 2.75) is 52.9 Å². The lowest BCUT2D eigenvalue weighted by molar-refractivity contribution is -0.142. The second-order valence-corrected chi connectivity index (χ2v) is 8.34. The molecule has 1 aromatic rings. The Morgan fingerprint density at radius 1 is 1.24 bits per heavy atom. The van der Waals surface area contributed by atoms with Crippen molar-refractivity contribution in [2.24, 2.45) is 5.41 Å². The lowest BCUT2D eigenvalue weighted by Gasteiger charge is -2.36. The Morgan fingerprint density at radius 3 is 2.57 bits per heavy atom. The van der Waals surface area contributed by atoms with Crippen molar-refractivity contribution in [3.63, 3.8) is 0 Å². The van der Waals surface area contributed by atoms with Crippen LogP contribution >= 0.6 is 11.3 Å². The minimum Gasteiger partial charge on any atom is -0.431 e. The first-order valence-electron chi connectivity index (χ1n) is 7.31. The summed E-state index contributed by atoms with van der Waals surface area (Å²) in [6, 6.07) is 2.11. The van der Waals surface area contributed by atoms with Crippen LogP contribution in [-0.2, 0) is 14.3 Å². The van der Waals surface area contributed by atoms with Gasteiger partial charge in [0.1, 0.15) is 5.76 Å².